The summed E-state index contributed by atoms with van der Waals surface area (Å²) in [7, 11) is 0. The van der Waals surface area contributed by atoms with Gasteiger partial charge in [0.05, 0.1) is 11.3 Å². The molecule has 1 aliphatic carbocycles. The molecule has 0 aromatic heterocycles. The van der Waals surface area contributed by atoms with E-state index in [2.05, 4.69) is 31.9 Å². The van der Waals surface area contributed by atoms with Gasteiger partial charge in [-0.2, -0.15) is 0 Å². The van der Waals surface area contributed by atoms with Crippen molar-refractivity contribution in [2.45, 2.75) is 38.1 Å². The monoisotopic (exact) mass is 459 g/mol. The molecule has 1 saturated carbocycles. The van der Waals surface area contributed by atoms with Gasteiger partial charge in [-0.3, -0.25) is 14.9 Å². The first kappa shape index (κ1) is 20.5. The van der Waals surface area contributed by atoms with Gasteiger partial charge in [0.25, 0.3) is 11.8 Å². The summed E-state index contributed by atoms with van der Waals surface area (Å²) in [5.74, 6) is -0.445. The fourth-order valence-electron chi connectivity index (χ4n) is 3.26. The second-order valence-corrected chi connectivity index (χ2v) is 8.10. The minimum Gasteiger partial charge on any atom is -0.349 e. The molecule has 146 valence electrons. The molecule has 1 fully saturated rings. The summed E-state index contributed by atoms with van der Waals surface area (Å²) in [5, 5.41) is 8.87. The Kier molecular flexibility index (Phi) is 7.17. The number of para-hydroxylation sites is 1. The van der Waals surface area contributed by atoms with Crippen LogP contribution in [0.15, 0.2) is 53.0 Å². The van der Waals surface area contributed by atoms with Gasteiger partial charge in [0.2, 0.25) is 0 Å². The molecule has 2 amide bonds. The molecule has 3 rings (SSSR count). The highest BCUT2D eigenvalue weighted by Gasteiger charge is 2.19. The third-order valence-electron chi connectivity index (χ3n) is 4.67. The number of anilines is 1. The second kappa shape index (κ2) is 9.80. The Balaban J connectivity index is 1.64. The van der Waals surface area contributed by atoms with Crippen molar-refractivity contribution in [1.29, 1.82) is 0 Å². The predicted octanol–water partition coefficient (Wildman–Crippen LogP) is 4.64. The summed E-state index contributed by atoms with van der Waals surface area (Å²) in [4.78, 5) is 25.0. The number of nitrogens with one attached hydrogen (secondary N) is 3. The van der Waals surface area contributed by atoms with E-state index in [1.54, 1.807) is 30.3 Å². The van der Waals surface area contributed by atoms with Crippen molar-refractivity contribution in [3.05, 3.63) is 64.1 Å². The van der Waals surface area contributed by atoms with Crippen LogP contribution >= 0.6 is 28.1 Å². The number of amides is 2. The number of hydrogen-bond acceptors (Lipinski definition) is 3. The summed E-state index contributed by atoms with van der Waals surface area (Å²) in [6.45, 7) is 0. The molecular formula is C21H22BrN3O2S. The Morgan fingerprint density at radius 3 is 2.46 bits per heavy atom. The largest absolute Gasteiger partial charge is 0.349 e. The van der Waals surface area contributed by atoms with E-state index < -0.39 is 0 Å². The molecule has 5 nitrogen and oxygen atoms in total. The molecule has 0 bridgehead atoms. The van der Waals surface area contributed by atoms with Crippen molar-refractivity contribution in [2.75, 3.05) is 5.32 Å². The van der Waals surface area contributed by atoms with Gasteiger partial charge in [0.1, 0.15) is 0 Å². The SMILES string of the molecule is O=C(NC(=S)Nc1ccccc1C(=O)NC1CCCCC1)c1cccc(Br)c1. The van der Waals surface area contributed by atoms with Crippen LogP contribution in [0.25, 0.3) is 0 Å². The molecule has 0 atom stereocenters. The van der Waals surface area contributed by atoms with E-state index in [1.165, 1.54) is 6.42 Å². The summed E-state index contributed by atoms with van der Waals surface area (Å²) in [6, 6.07) is 14.4. The van der Waals surface area contributed by atoms with E-state index in [0.29, 0.717) is 16.8 Å². The van der Waals surface area contributed by atoms with Gasteiger partial charge in [-0.1, -0.05) is 53.4 Å². The quantitative estimate of drug-likeness (QED) is 0.582. The maximum atomic E-state index is 12.7. The van der Waals surface area contributed by atoms with Crippen LogP contribution in [-0.4, -0.2) is 23.0 Å². The number of halogens is 1. The maximum absolute atomic E-state index is 12.7. The van der Waals surface area contributed by atoms with Gasteiger partial charge < -0.3 is 10.6 Å². The van der Waals surface area contributed by atoms with E-state index in [0.717, 1.165) is 30.2 Å². The first-order valence-electron chi connectivity index (χ1n) is 9.31. The highest BCUT2D eigenvalue weighted by atomic mass is 79.9. The van der Waals surface area contributed by atoms with Crippen molar-refractivity contribution in [2.24, 2.45) is 0 Å². The van der Waals surface area contributed by atoms with Crippen LogP contribution in [0.1, 0.15) is 52.8 Å². The van der Waals surface area contributed by atoms with E-state index in [1.807, 2.05) is 18.2 Å². The molecule has 0 aliphatic heterocycles. The van der Waals surface area contributed by atoms with Crippen molar-refractivity contribution in [3.63, 3.8) is 0 Å². The average molecular weight is 460 g/mol. The van der Waals surface area contributed by atoms with E-state index in [9.17, 15) is 9.59 Å². The Bertz CT molecular complexity index is 881. The lowest BCUT2D eigenvalue weighted by molar-refractivity contribution is 0.0927. The summed E-state index contributed by atoms with van der Waals surface area (Å²) < 4.78 is 0.809. The van der Waals surface area contributed by atoms with Crippen molar-refractivity contribution < 1.29 is 9.59 Å². The maximum Gasteiger partial charge on any atom is 0.257 e. The number of carbonyl (C=O) groups excluding carboxylic acids is 2. The van der Waals surface area contributed by atoms with Crippen LogP contribution in [0, 0.1) is 0 Å². The van der Waals surface area contributed by atoms with Crippen LogP contribution in [-0.2, 0) is 0 Å². The molecule has 2 aromatic rings. The summed E-state index contributed by atoms with van der Waals surface area (Å²) in [5.41, 5.74) is 1.56. The zero-order valence-electron chi connectivity index (χ0n) is 15.3. The fraction of sp³-hybridized carbons (Fsp3) is 0.286. The molecule has 1 aliphatic rings. The van der Waals surface area contributed by atoms with Crippen LogP contribution < -0.4 is 16.0 Å². The predicted molar refractivity (Wildman–Crippen MR) is 119 cm³/mol. The second-order valence-electron chi connectivity index (χ2n) is 6.77. The van der Waals surface area contributed by atoms with E-state index >= 15 is 0 Å². The van der Waals surface area contributed by atoms with Crippen LogP contribution in [0.3, 0.4) is 0 Å². The molecule has 0 unspecified atom stereocenters. The van der Waals surface area contributed by atoms with Gasteiger partial charge in [-0.05, 0) is 55.4 Å². The van der Waals surface area contributed by atoms with Gasteiger partial charge in [0.15, 0.2) is 5.11 Å². The molecule has 7 heteroatoms. The number of carbonyl (C=O) groups is 2. The summed E-state index contributed by atoms with van der Waals surface area (Å²) in [6.07, 6.45) is 5.56. The van der Waals surface area contributed by atoms with Gasteiger partial charge in [-0.25, -0.2) is 0 Å². The first-order chi connectivity index (χ1) is 13.5. The first-order valence-corrected chi connectivity index (χ1v) is 10.5. The topological polar surface area (TPSA) is 70.2 Å². The van der Waals surface area contributed by atoms with Crippen molar-refractivity contribution >= 4 is 50.8 Å². The summed E-state index contributed by atoms with van der Waals surface area (Å²) >= 11 is 8.61. The molecule has 3 N–H and O–H groups in total. The van der Waals surface area contributed by atoms with Crippen molar-refractivity contribution in [1.82, 2.24) is 10.6 Å². The zero-order valence-corrected chi connectivity index (χ0v) is 17.7. The minimum absolute atomic E-state index is 0.129. The third kappa shape index (κ3) is 5.62. The number of benzene rings is 2. The van der Waals surface area contributed by atoms with Gasteiger partial charge in [0, 0.05) is 16.1 Å². The Hall–Kier alpha value is -2.25. The molecular weight excluding hydrogens is 438 g/mol. The highest BCUT2D eigenvalue weighted by Crippen LogP contribution is 2.20. The number of rotatable bonds is 4. The number of thiocarbonyl (C=S) groups is 1. The molecule has 0 radical (unpaired) electrons. The van der Waals surface area contributed by atoms with E-state index in [-0.39, 0.29) is 23.0 Å². The molecule has 28 heavy (non-hydrogen) atoms. The lowest BCUT2D eigenvalue weighted by Gasteiger charge is -2.23. The third-order valence-corrected chi connectivity index (χ3v) is 5.37. The molecule has 2 aromatic carbocycles. The van der Waals surface area contributed by atoms with Gasteiger partial charge in [-0.15, -0.1) is 0 Å². The standard InChI is InChI=1S/C21H22BrN3O2S/c22-15-8-6-7-14(13-15)19(26)25-21(28)24-18-12-5-4-11-17(18)20(27)23-16-9-2-1-3-10-16/h4-8,11-13,16H,1-3,9-10H2,(H,23,27)(H2,24,25,26,28). The average Bonchev–Trinajstić information content (AvgIpc) is 2.69. The van der Waals surface area contributed by atoms with Crippen molar-refractivity contribution in [3.8, 4) is 0 Å². The van der Waals surface area contributed by atoms with Gasteiger partial charge >= 0.3 is 0 Å². The number of hydrogen-bond donors (Lipinski definition) is 3. The molecule has 0 saturated heterocycles. The Morgan fingerprint density at radius 1 is 0.964 bits per heavy atom. The van der Waals surface area contributed by atoms with Crippen LogP contribution in [0.4, 0.5) is 5.69 Å². The lowest BCUT2D eigenvalue weighted by atomic mass is 9.95. The fourth-order valence-corrected chi connectivity index (χ4v) is 3.86. The Morgan fingerprint density at radius 2 is 1.71 bits per heavy atom. The Labute approximate surface area is 178 Å². The minimum atomic E-state index is -0.317. The van der Waals surface area contributed by atoms with Crippen LogP contribution in [0.5, 0.6) is 0 Å². The molecule has 0 spiro atoms. The zero-order chi connectivity index (χ0) is 19.9. The normalized spacial score (nSPS) is 14.2. The van der Waals surface area contributed by atoms with Crippen LogP contribution in [0.2, 0.25) is 0 Å². The highest BCUT2D eigenvalue weighted by molar-refractivity contribution is 9.10. The lowest BCUT2D eigenvalue weighted by Crippen LogP contribution is -2.37. The molecule has 0 heterocycles. The smallest absolute Gasteiger partial charge is 0.257 e. The van der Waals surface area contributed by atoms with E-state index in [4.69, 9.17) is 12.2 Å².